The van der Waals surface area contributed by atoms with Gasteiger partial charge in [0, 0.05) is 12.1 Å². The van der Waals surface area contributed by atoms with Crippen molar-refractivity contribution in [1.82, 2.24) is 10.5 Å². The second kappa shape index (κ2) is 5.52. The lowest BCUT2D eigenvalue weighted by Gasteiger charge is -2.31. The fraction of sp³-hybridized carbons (Fsp3) is 0.692. The van der Waals surface area contributed by atoms with Gasteiger partial charge in [0.25, 0.3) is 5.91 Å². The number of nitrogens with zero attached hydrogens (tertiary/aromatic N) is 1. The van der Waals surface area contributed by atoms with Crippen molar-refractivity contribution in [3.05, 3.63) is 17.0 Å². The summed E-state index contributed by atoms with van der Waals surface area (Å²) in [7, 11) is 0. The van der Waals surface area contributed by atoms with Gasteiger partial charge in [-0.3, -0.25) is 4.79 Å². The highest BCUT2D eigenvalue weighted by Crippen LogP contribution is 2.18. The average molecular weight is 253 g/mol. The summed E-state index contributed by atoms with van der Waals surface area (Å²) in [4.78, 5) is 12.2. The Hall–Kier alpha value is -1.36. The van der Waals surface area contributed by atoms with Crippen molar-refractivity contribution in [2.75, 3.05) is 6.54 Å². The molecule has 1 aromatic rings. The zero-order valence-corrected chi connectivity index (χ0v) is 11.8. The van der Waals surface area contributed by atoms with Gasteiger partial charge in [0.1, 0.15) is 11.3 Å². The third-order valence-corrected chi connectivity index (χ3v) is 2.99. The fourth-order valence-electron chi connectivity index (χ4n) is 2.23. The van der Waals surface area contributed by atoms with E-state index in [0.29, 0.717) is 29.5 Å². The Labute approximate surface area is 108 Å². The lowest BCUT2D eigenvalue weighted by Crippen LogP contribution is -2.52. The Morgan fingerprint density at radius 2 is 2.11 bits per heavy atom. The number of aryl methyl sites for hydroxylation is 2. The Morgan fingerprint density at radius 1 is 1.50 bits per heavy atom. The molecule has 18 heavy (non-hydrogen) atoms. The van der Waals surface area contributed by atoms with E-state index in [1.54, 1.807) is 13.8 Å². The second-order valence-electron chi connectivity index (χ2n) is 5.52. The summed E-state index contributed by atoms with van der Waals surface area (Å²) in [5, 5.41) is 6.78. The van der Waals surface area contributed by atoms with Crippen LogP contribution >= 0.6 is 0 Å². The van der Waals surface area contributed by atoms with Crippen molar-refractivity contribution in [2.24, 2.45) is 11.7 Å². The van der Waals surface area contributed by atoms with Crippen molar-refractivity contribution < 1.29 is 9.32 Å². The van der Waals surface area contributed by atoms with Crippen LogP contribution in [0.5, 0.6) is 0 Å². The zero-order valence-electron chi connectivity index (χ0n) is 11.8. The Kier molecular flexibility index (Phi) is 4.51. The predicted molar refractivity (Wildman–Crippen MR) is 70.4 cm³/mol. The number of amides is 1. The van der Waals surface area contributed by atoms with Gasteiger partial charge in [0.15, 0.2) is 0 Å². The molecule has 1 amide bonds. The molecular weight excluding hydrogens is 230 g/mol. The second-order valence-corrected chi connectivity index (χ2v) is 5.52. The molecule has 1 aromatic heterocycles. The SMILES string of the molecule is Cc1noc(C)c1C(=O)NC(C)(CN)CC(C)C. The highest BCUT2D eigenvalue weighted by molar-refractivity contribution is 5.96. The monoisotopic (exact) mass is 253 g/mol. The summed E-state index contributed by atoms with van der Waals surface area (Å²) in [6.45, 7) is 10.1. The maximum Gasteiger partial charge on any atom is 0.257 e. The normalized spacial score (nSPS) is 14.6. The highest BCUT2D eigenvalue weighted by atomic mass is 16.5. The van der Waals surface area contributed by atoms with E-state index in [0.717, 1.165) is 6.42 Å². The molecule has 0 bridgehead atoms. The van der Waals surface area contributed by atoms with E-state index in [1.165, 1.54) is 0 Å². The molecule has 0 saturated heterocycles. The first-order valence-corrected chi connectivity index (χ1v) is 6.24. The van der Waals surface area contributed by atoms with Gasteiger partial charge in [0.2, 0.25) is 0 Å². The molecule has 102 valence electrons. The van der Waals surface area contributed by atoms with Gasteiger partial charge in [-0.2, -0.15) is 0 Å². The Morgan fingerprint density at radius 3 is 2.50 bits per heavy atom. The smallest absolute Gasteiger partial charge is 0.257 e. The summed E-state index contributed by atoms with van der Waals surface area (Å²) >= 11 is 0. The number of nitrogens with two attached hydrogens (primary N) is 1. The van der Waals surface area contributed by atoms with Gasteiger partial charge in [-0.05, 0) is 33.1 Å². The van der Waals surface area contributed by atoms with E-state index in [2.05, 4.69) is 24.3 Å². The van der Waals surface area contributed by atoms with Crippen LogP contribution in [0.3, 0.4) is 0 Å². The lowest BCUT2D eigenvalue weighted by atomic mass is 9.90. The third-order valence-electron chi connectivity index (χ3n) is 2.99. The van der Waals surface area contributed by atoms with Crippen LogP contribution in [0.1, 0.15) is 49.0 Å². The summed E-state index contributed by atoms with van der Waals surface area (Å²) in [5.41, 5.74) is 6.50. The van der Waals surface area contributed by atoms with Crippen molar-refractivity contribution in [2.45, 2.75) is 46.6 Å². The molecule has 1 unspecified atom stereocenters. The van der Waals surface area contributed by atoms with Gasteiger partial charge < -0.3 is 15.6 Å². The van der Waals surface area contributed by atoms with E-state index in [4.69, 9.17) is 10.3 Å². The first kappa shape index (κ1) is 14.7. The number of carbonyl (C=O) groups is 1. The number of hydrogen-bond donors (Lipinski definition) is 2. The Bertz CT molecular complexity index is 406. The van der Waals surface area contributed by atoms with Gasteiger partial charge in [-0.15, -0.1) is 0 Å². The summed E-state index contributed by atoms with van der Waals surface area (Å²) in [6.07, 6.45) is 0.832. The van der Waals surface area contributed by atoms with Gasteiger partial charge >= 0.3 is 0 Å². The van der Waals surface area contributed by atoms with Crippen molar-refractivity contribution in [3.63, 3.8) is 0 Å². The van der Waals surface area contributed by atoms with Crippen LogP contribution < -0.4 is 11.1 Å². The molecule has 0 aliphatic carbocycles. The molecule has 0 spiro atoms. The maximum absolute atomic E-state index is 12.2. The summed E-state index contributed by atoms with van der Waals surface area (Å²) < 4.78 is 5.00. The molecule has 1 heterocycles. The van der Waals surface area contributed by atoms with Crippen molar-refractivity contribution in [3.8, 4) is 0 Å². The third kappa shape index (κ3) is 3.32. The van der Waals surface area contributed by atoms with Crippen LogP contribution in [-0.4, -0.2) is 23.1 Å². The molecule has 0 aliphatic rings. The first-order valence-electron chi connectivity index (χ1n) is 6.24. The number of rotatable bonds is 5. The van der Waals surface area contributed by atoms with E-state index in [-0.39, 0.29) is 5.91 Å². The number of nitrogens with one attached hydrogen (secondary N) is 1. The van der Waals surface area contributed by atoms with Crippen LogP contribution in [0.4, 0.5) is 0 Å². The van der Waals surface area contributed by atoms with Crippen LogP contribution in [0, 0.1) is 19.8 Å². The summed E-state index contributed by atoms with van der Waals surface area (Å²) in [6, 6.07) is 0. The molecule has 3 N–H and O–H groups in total. The molecule has 0 fully saturated rings. The zero-order chi connectivity index (χ0) is 13.9. The van der Waals surface area contributed by atoms with E-state index in [9.17, 15) is 4.79 Å². The van der Waals surface area contributed by atoms with Crippen LogP contribution in [-0.2, 0) is 0 Å². The Balaban J connectivity index is 2.86. The molecule has 0 saturated carbocycles. The van der Waals surface area contributed by atoms with E-state index < -0.39 is 5.54 Å². The molecule has 5 nitrogen and oxygen atoms in total. The predicted octanol–water partition coefficient (Wildman–Crippen LogP) is 1.78. The fourth-order valence-corrected chi connectivity index (χ4v) is 2.23. The maximum atomic E-state index is 12.2. The lowest BCUT2D eigenvalue weighted by molar-refractivity contribution is 0.0896. The van der Waals surface area contributed by atoms with Crippen molar-refractivity contribution in [1.29, 1.82) is 0 Å². The van der Waals surface area contributed by atoms with E-state index in [1.807, 2.05) is 6.92 Å². The van der Waals surface area contributed by atoms with Crippen LogP contribution in [0.15, 0.2) is 4.52 Å². The van der Waals surface area contributed by atoms with Gasteiger partial charge in [-0.25, -0.2) is 0 Å². The van der Waals surface area contributed by atoms with Gasteiger partial charge in [-0.1, -0.05) is 19.0 Å². The number of aromatic nitrogens is 1. The largest absolute Gasteiger partial charge is 0.361 e. The van der Waals surface area contributed by atoms with Crippen LogP contribution in [0.2, 0.25) is 0 Å². The minimum Gasteiger partial charge on any atom is -0.361 e. The molecule has 0 aliphatic heterocycles. The minimum absolute atomic E-state index is 0.167. The van der Waals surface area contributed by atoms with E-state index >= 15 is 0 Å². The number of carbonyl (C=O) groups excluding carboxylic acids is 1. The topological polar surface area (TPSA) is 81.2 Å². The average Bonchev–Trinajstić information content (AvgIpc) is 2.57. The molecule has 0 radical (unpaired) electrons. The molecule has 1 atom stereocenters. The van der Waals surface area contributed by atoms with Crippen LogP contribution in [0.25, 0.3) is 0 Å². The van der Waals surface area contributed by atoms with Crippen molar-refractivity contribution >= 4 is 5.91 Å². The molecular formula is C13H23N3O2. The number of hydrogen-bond acceptors (Lipinski definition) is 4. The standard InChI is InChI=1S/C13H23N3O2/c1-8(2)6-13(5,7-14)15-12(17)11-9(3)16-18-10(11)4/h8H,6-7,14H2,1-5H3,(H,15,17). The molecule has 0 aromatic carbocycles. The molecule has 1 rings (SSSR count). The first-order chi connectivity index (χ1) is 8.29. The quantitative estimate of drug-likeness (QED) is 0.838. The molecule has 5 heteroatoms. The minimum atomic E-state index is -0.401. The van der Waals surface area contributed by atoms with Gasteiger partial charge in [0.05, 0.1) is 5.69 Å². The highest BCUT2D eigenvalue weighted by Gasteiger charge is 2.28. The summed E-state index contributed by atoms with van der Waals surface area (Å²) in [5.74, 6) is 0.831.